The van der Waals surface area contributed by atoms with Crippen molar-refractivity contribution in [3.05, 3.63) is 103 Å². The second-order valence-corrected chi connectivity index (χ2v) is 9.82. The number of hydrogen-bond donors (Lipinski definition) is 0. The standard InChI is InChI=1S/C31H17NS/c1-3-11-21-18(8-1)19-9-2-4-12-22(19)30-29(21)26-17-28-25(20-10-5-6-14-27(20)33-28)16-24(26)23-13-7-15-32-31(23)30/h1-17H. The molecule has 6 aromatic carbocycles. The molecule has 8 aromatic rings. The van der Waals surface area contributed by atoms with Gasteiger partial charge >= 0.3 is 0 Å². The van der Waals surface area contributed by atoms with E-state index in [2.05, 4.69) is 97.1 Å². The molecule has 0 unspecified atom stereocenters. The van der Waals surface area contributed by atoms with Gasteiger partial charge in [-0.15, -0.1) is 11.3 Å². The van der Waals surface area contributed by atoms with Gasteiger partial charge in [0.1, 0.15) is 0 Å². The summed E-state index contributed by atoms with van der Waals surface area (Å²) in [6, 6.07) is 35.5. The zero-order valence-electron chi connectivity index (χ0n) is 17.7. The highest BCUT2D eigenvalue weighted by Gasteiger charge is 2.17. The van der Waals surface area contributed by atoms with Gasteiger partial charge in [-0.2, -0.15) is 0 Å². The third-order valence-corrected chi connectivity index (χ3v) is 8.19. The van der Waals surface area contributed by atoms with E-state index in [1.807, 2.05) is 17.5 Å². The summed E-state index contributed by atoms with van der Waals surface area (Å²) in [5, 5.41) is 14.2. The van der Waals surface area contributed by atoms with Crippen LogP contribution < -0.4 is 0 Å². The van der Waals surface area contributed by atoms with E-state index >= 15 is 0 Å². The van der Waals surface area contributed by atoms with Crippen molar-refractivity contribution in [1.82, 2.24) is 4.98 Å². The molecule has 0 N–H and O–H groups in total. The van der Waals surface area contributed by atoms with Crippen LogP contribution in [-0.2, 0) is 0 Å². The smallest absolute Gasteiger partial charge is 0.0793 e. The molecule has 152 valence electrons. The Kier molecular flexibility index (Phi) is 3.34. The van der Waals surface area contributed by atoms with Gasteiger partial charge in [0.2, 0.25) is 0 Å². The highest BCUT2D eigenvalue weighted by atomic mass is 32.1. The monoisotopic (exact) mass is 435 g/mol. The van der Waals surface area contributed by atoms with Gasteiger partial charge in [-0.25, -0.2) is 0 Å². The maximum atomic E-state index is 4.95. The first kappa shape index (κ1) is 17.5. The Balaban J connectivity index is 1.78. The van der Waals surface area contributed by atoms with Crippen LogP contribution in [0.5, 0.6) is 0 Å². The number of benzene rings is 6. The molecule has 33 heavy (non-hydrogen) atoms. The van der Waals surface area contributed by atoms with Crippen molar-refractivity contribution < 1.29 is 0 Å². The Morgan fingerprint density at radius 2 is 1.06 bits per heavy atom. The summed E-state index contributed by atoms with van der Waals surface area (Å²) >= 11 is 1.88. The molecular weight excluding hydrogens is 418 g/mol. The third kappa shape index (κ3) is 2.23. The van der Waals surface area contributed by atoms with Gasteiger partial charge in [0.25, 0.3) is 0 Å². The highest BCUT2D eigenvalue weighted by Crippen LogP contribution is 2.45. The van der Waals surface area contributed by atoms with Crippen LogP contribution in [-0.4, -0.2) is 4.98 Å². The van der Waals surface area contributed by atoms with E-state index in [0.29, 0.717) is 0 Å². The average molecular weight is 436 g/mol. The largest absolute Gasteiger partial charge is 0.256 e. The minimum atomic E-state index is 1.08. The number of nitrogens with zero attached hydrogens (tertiary/aromatic N) is 1. The fraction of sp³-hybridized carbons (Fsp3) is 0. The first-order valence-electron chi connectivity index (χ1n) is 11.2. The van der Waals surface area contributed by atoms with Gasteiger partial charge in [0.15, 0.2) is 0 Å². The Morgan fingerprint density at radius 1 is 0.424 bits per heavy atom. The Bertz CT molecular complexity index is 2080. The predicted octanol–water partition coefficient (Wildman–Crippen LogP) is 9.22. The van der Waals surface area contributed by atoms with Gasteiger partial charge in [-0.05, 0) is 56.6 Å². The van der Waals surface area contributed by atoms with Gasteiger partial charge in [0.05, 0.1) is 5.52 Å². The topological polar surface area (TPSA) is 12.9 Å². The number of hydrogen-bond acceptors (Lipinski definition) is 2. The summed E-state index contributed by atoms with van der Waals surface area (Å²) < 4.78 is 2.68. The van der Waals surface area contributed by atoms with Crippen LogP contribution in [0.25, 0.3) is 74.2 Å². The highest BCUT2D eigenvalue weighted by molar-refractivity contribution is 7.25. The molecule has 0 saturated heterocycles. The lowest BCUT2D eigenvalue weighted by Crippen LogP contribution is -1.89. The third-order valence-electron chi connectivity index (χ3n) is 7.05. The minimum Gasteiger partial charge on any atom is -0.256 e. The van der Waals surface area contributed by atoms with E-state index < -0.39 is 0 Å². The Hall–Kier alpha value is -4.01. The summed E-state index contributed by atoms with van der Waals surface area (Å²) in [5.74, 6) is 0. The van der Waals surface area contributed by atoms with Crippen molar-refractivity contribution in [2.75, 3.05) is 0 Å². The molecule has 2 aromatic heterocycles. The molecule has 0 amide bonds. The normalized spacial score (nSPS) is 12.2. The fourth-order valence-electron chi connectivity index (χ4n) is 5.69. The summed E-state index contributed by atoms with van der Waals surface area (Å²) in [6.45, 7) is 0. The van der Waals surface area contributed by atoms with Crippen LogP contribution in [0.4, 0.5) is 0 Å². The molecule has 2 heterocycles. The summed E-state index contributed by atoms with van der Waals surface area (Å²) in [4.78, 5) is 4.95. The minimum absolute atomic E-state index is 1.08. The van der Waals surface area contributed by atoms with Crippen LogP contribution in [0.15, 0.2) is 103 Å². The molecule has 8 rings (SSSR count). The SMILES string of the molecule is c1ccc2c(c1)sc1cc3c(cc12)c1cccnc1c1c2ccccc2c2ccccc2c31. The van der Waals surface area contributed by atoms with Crippen molar-refractivity contribution in [3.63, 3.8) is 0 Å². The predicted molar refractivity (Wildman–Crippen MR) is 145 cm³/mol. The summed E-state index contributed by atoms with van der Waals surface area (Å²) in [5.41, 5.74) is 1.08. The van der Waals surface area contributed by atoms with Crippen LogP contribution in [0.1, 0.15) is 0 Å². The van der Waals surface area contributed by atoms with E-state index in [1.54, 1.807) is 0 Å². The summed E-state index contributed by atoms with van der Waals surface area (Å²) in [7, 11) is 0. The van der Waals surface area contributed by atoms with Crippen LogP contribution in [0.2, 0.25) is 0 Å². The van der Waals surface area contributed by atoms with Crippen molar-refractivity contribution in [3.8, 4) is 0 Å². The molecule has 0 aliphatic rings. The number of rotatable bonds is 0. The number of fused-ring (bicyclic) bond motifs is 14. The molecule has 0 aliphatic heterocycles. The molecule has 0 aliphatic carbocycles. The van der Waals surface area contributed by atoms with Crippen molar-refractivity contribution in [2.45, 2.75) is 0 Å². The Morgan fingerprint density at radius 3 is 1.85 bits per heavy atom. The zero-order valence-corrected chi connectivity index (χ0v) is 18.5. The zero-order chi connectivity index (χ0) is 21.5. The molecule has 0 bridgehead atoms. The lowest BCUT2D eigenvalue weighted by molar-refractivity contribution is 1.43. The second-order valence-electron chi connectivity index (χ2n) is 8.73. The second kappa shape index (κ2) is 6.28. The van der Waals surface area contributed by atoms with Crippen LogP contribution >= 0.6 is 11.3 Å². The van der Waals surface area contributed by atoms with Crippen molar-refractivity contribution >= 4 is 85.5 Å². The molecule has 0 saturated carbocycles. The maximum Gasteiger partial charge on any atom is 0.0793 e. The fourth-order valence-corrected chi connectivity index (χ4v) is 6.82. The van der Waals surface area contributed by atoms with E-state index in [-0.39, 0.29) is 0 Å². The summed E-state index contributed by atoms with van der Waals surface area (Å²) in [6.07, 6.45) is 1.93. The molecule has 0 radical (unpaired) electrons. The first-order valence-corrected chi connectivity index (χ1v) is 12.0. The van der Waals surface area contributed by atoms with E-state index in [4.69, 9.17) is 4.98 Å². The quantitative estimate of drug-likeness (QED) is 0.216. The van der Waals surface area contributed by atoms with Gasteiger partial charge < -0.3 is 0 Å². The molecule has 0 atom stereocenters. The van der Waals surface area contributed by atoms with Gasteiger partial charge in [-0.3, -0.25) is 4.98 Å². The average Bonchev–Trinajstić information content (AvgIpc) is 3.25. The van der Waals surface area contributed by atoms with Crippen LogP contribution in [0.3, 0.4) is 0 Å². The molecule has 0 fully saturated rings. The van der Waals surface area contributed by atoms with E-state index in [9.17, 15) is 0 Å². The van der Waals surface area contributed by atoms with E-state index in [1.165, 1.54) is 68.6 Å². The molecular formula is C31H17NS. The number of thiophene rings is 1. The molecule has 1 nitrogen and oxygen atoms in total. The number of pyridine rings is 1. The van der Waals surface area contributed by atoms with Gasteiger partial charge in [0, 0.05) is 42.5 Å². The number of aromatic nitrogens is 1. The lowest BCUT2D eigenvalue weighted by Gasteiger charge is -2.15. The molecule has 0 spiro atoms. The van der Waals surface area contributed by atoms with E-state index in [0.717, 1.165) is 5.52 Å². The van der Waals surface area contributed by atoms with Gasteiger partial charge in [-0.1, -0.05) is 72.8 Å². The Labute approximate surface area is 193 Å². The van der Waals surface area contributed by atoms with Crippen molar-refractivity contribution in [2.24, 2.45) is 0 Å². The van der Waals surface area contributed by atoms with Crippen LogP contribution in [0, 0.1) is 0 Å². The lowest BCUT2D eigenvalue weighted by atomic mass is 9.88. The first-order chi connectivity index (χ1) is 16.4. The van der Waals surface area contributed by atoms with Crippen molar-refractivity contribution in [1.29, 1.82) is 0 Å². The maximum absolute atomic E-state index is 4.95. The molecule has 2 heteroatoms.